The number of aliphatic hydroxyl groups is 2. The maximum absolute atomic E-state index is 8.97. The molecule has 0 aromatic carbocycles. The van der Waals surface area contributed by atoms with Gasteiger partial charge >= 0.3 is 6.08 Å². The van der Waals surface area contributed by atoms with Crippen molar-refractivity contribution in [1.29, 1.82) is 0 Å². The van der Waals surface area contributed by atoms with Crippen molar-refractivity contribution < 1.29 is 15.1 Å². The first-order valence-electron chi connectivity index (χ1n) is 1.04. The Morgan fingerprint density at radius 1 is 1.33 bits per heavy atom. The maximum atomic E-state index is 8.97. The summed E-state index contributed by atoms with van der Waals surface area (Å²) in [6, 6.07) is 0. The number of hydrogen-bond donors (Lipinski definition) is 2. The molecule has 0 radical (unpaired) electrons. The largest absolute Gasteiger partial charge is 0.607 e. The molecule has 0 saturated heterocycles. The lowest BCUT2D eigenvalue weighted by atomic mass is 11.4. The van der Waals surface area contributed by atoms with Gasteiger partial charge in [0.2, 0.25) is 0 Å². The van der Waals surface area contributed by atoms with Gasteiger partial charge in [-0.15, -0.1) is 4.90 Å². The zero-order valence-corrected chi connectivity index (χ0v) is 2.66. The lowest BCUT2D eigenvalue weighted by Crippen LogP contribution is -2.06. The molecule has 0 rings (SSSR count). The van der Waals surface area contributed by atoms with Crippen molar-refractivity contribution in [2.24, 2.45) is 0 Å². The van der Waals surface area contributed by atoms with Crippen molar-refractivity contribution in [3.63, 3.8) is 0 Å². The second kappa shape index (κ2) is 1.34. The predicted octanol–water partition coefficient (Wildman–Crippen LogP) is -0.534. The van der Waals surface area contributed by atoms with Crippen molar-refractivity contribution in [3.05, 3.63) is 10.4 Å². The lowest BCUT2D eigenvalue weighted by molar-refractivity contribution is -0.402. The molecule has 0 aliphatic carbocycles. The van der Waals surface area contributed by atoms with E-state index < -0.39 is 11.0 Å². The number of aliphatic hydroxyl groups excluding tert-OH is 1. The average molecular weight is 92.0 g/mol. The minimum Gasteiger partial charge on any atom is -0.607 e. The molecule has 2 N–H and O–H groups in total. The van der Waals surface area contributed by atoms with Gasteiger partial charge in [-0.1, -0.05) is 0 Å². The Kier molecular flexibility index (Phi) is 1.09. The number of rotatable bonds is 0. The van der Waals surface area contributed by atoms with Crippen LogP contribution < -0.4 is 0 Å². The molecular formula is CH2NO4-. The monoisotopic (exact) mass is 92.0 g/mol. The molecule has 0 aromatic heterocycles. The second-order valence-electron chi connectivity index (χ2n) is 0.557. The van der Waals surface area contributed by atoms with Crippen LogP contribution in [0.5, 0.6) is 0 Å². The quantitative estimate of drug-likeness (QED) is 0.182. The van der Waals surface area contributed by atoms with Gasteiger partial charge in [-0.3, -0.25) is 0 Å². The van der Waals surface area contributed by atoms with Crippen molar-refractivity contribution in [2.75, 3.05) is 0 Å². The Labute approximate surface area is 32.9 Å². The van der Waals surface area contributed by atoms with E-state index in [0.717, 1.165) is 0 Å². The molecule has 0 spiro atoms. The van der Waals surface area contributed by atoms with Gasteiger partial charge in [-0.25, -0.2) is 0 Å². The Bertz CT molecular complexity index is 57.6. The summed E-state index contributed by atoms with van der Waals surface area (Å²) in [7, 11) is 0. The summed E-state index contributed by atoms with van der Waals surface area (Å²) in [5.41, 5.74) is 0. The molecule has 0 amide bonds. The summed E-state index contributed by atoms with van der Waals surface area (Å²) in [6.45, 7) is 0. The highest BCUT2D eigenvalue weighted by Crippen LogP contribution is 1.59. The highest BCUT2D eigenvalue weighted by molar-refractivity contribution is 5.55. The molecule has 5 heteroatoms. The van der Waals surface area contributed by atoms with Crippen LogP contribution in [-0.2, 0) is 0 Å². The number of nitrogens with zero attached hydrogens (tertiary/aromatic N) is 1. The van der Waals surface area contributed by atoms with Crippen LogP contribution in [0.2, 0.25) is 0 Å². The topological polar surface area (TPSA) is 89.6 Å². The van der Waals surface area contributed by atoms with Crippen LogP contribution in [0.4, 0.5) is 0 Å². The van der Waals surface area contributed by atoms with E-state index in [0.29, 0.717) is 0 Å². The molecule has 0 heterocycles. The molecule has 0 aliphatic rings. The molecule has 0 aromatic rings. The van der Waals surface area contributed by atoms with E-state index in [1.165, 1.54) is 0 Å². The molecule has 0 bridgehead atoms. The van der Waals surface area contributed by atoms with Gasteiger partial charge in [-0.05, 0) is 0 Å². The van der Waals surface area contributed by atoms with Crippen LogP contribution in [-0.4, -0.2) is 21.2 Å². The van der Waals surface area contributed by atoms with Gasteiger partial charge in [0.25, 0.3) is 0 Å². The van der Waals surface area contributed by atoms with Crippen LogP contribution in [0.25, 0.3) is 0 Å². The minimum atomic E-state index is -1.77. The highest BCUT2D eigenvalue weighted by atomic mass is 16.8. The first kappa shape index (κ1) is 4.87. The van der Waals surface area contributed by atoms with Crippen LogP contribution >= 0.6 is 0 Å². The van der Waals surface area contributed by atoms with E-state index in [1.807, 2.05) is 0 Å². The molecule has 0 unspecified atom stereocenters. The molecule has 0 atom stereocenters. The first-order chi connectivity index (χ1) is 2.64. The van der Waals surface area contributed by atoms with E-state index in [4.69, 9.17) is 20.6 Å². The van der Waals surface area contributed by atoms with Gasteiger partial charge < -0.3 is 20.6 Å². The van der Waals surface area contributed by atoms with Crippen LogP contribution in [0.3, 0.4) is 0 Å². The van der Waals surface area contributed by atoms with E-state index in [9.17, 15) is 0 Å². The minimum absolute atomic E-state index is 1.31. The van der Waals surface area contributed by atoms with Crippen molar-refractivity contribution >= 4 is 6.08 Å². The Morgan fingerprint density at radius 3 is 1.50 bits per heavy atom. The second-order valence-corrected chi connectivity index (χ2v) is 0.557. The zero-order valence-electron chi connectivity index (χ0n) is 2.66. The third-order valence-corrected chi connectivity index (χ3v) is 0.163. The lowest BCUT2D eigenvalue weighted by Gasteiger charge is -1.97. The molecule has 0 fully saturated rings. The summed E-state index contributed by atoms with van der Waals surface area (Å²) in [5, 5.41) is 32.7. The van der Waals surface area contributed by atoms with Crippen LogP contribution in [0.1, 0.15) is 0 Å². The van der Waals surface area contributed by atoms with Gasteiger partial charge in [0, 0.05) is 0 Å². The summed E-state index contributed by atoms with van der Waals surface area (Å²) >= 11 is 0. The predicted molar refractivity (Wildman–Crippen MR) is 17.3 cm³/mol. The molecule has 0 saturated carbocycles. The van der Waals surface area contributed by atoms with Gasteiger partial charge in [0.1, 0.15) is 0 Å². The molecule has 6 heavy (non-hydrogen) atoms. The highest BCUT2D eigenvalue weighted by Gasteiger charge is 1.87. The molecule has 0 aliphatic heterocycles. The third kappa shape index (κ3) is 1.22. The Balaban J connectivity index is 3.68. The maximum Gasteiger partial charge on any atom is 0.568 e. The summed E-state index contributed by atoms with van der Waals surface area (Å²) in [4.78, 5) is -1.31. The van der Waals surface area contributed by atoms with Crippen molar-refractivity contribution in [1.82, 2.24) is 0 Å². The fraction of sp³-hybridized carbons (Fsp3) is 0. The van der Waals surface area contributed by atoms with Crippen LogP contribution in [0, 0.1) is 10.4 Å². The first-order valence-corrected chi connectivity index (χ1v) is 1.04. The van der Waals surface area contributed by atoms with Gasteiger partial charge in [0.05, 0.1) is 0 Å². The van der Waals surface area contributed by atoms with Crippen molar-refractivity contribution in [3.8, 4) is 0 Å². The van der Waals surface area contributed by atoms with Gasteiger partial charge in [0.15, 0.2) is 0 Å². The van der Waals surface area contributed by atoms with Gasteiger partial charge in [-0.2, -0.15) is 0 Å². The standard InChI is InChI=1S/CH2NO4/c3-1(4)2(5)6/h(H2-,3,4,5,6)/q-1. The number of hydrogen-bond acceptors (Lipinski definition) is 2. The Morgan fingerprint density at radius 2 is 1.50 bits per heavy atom. The molecule has 5 nitrogen and oxygen atoms in total. The van der Waals surface area contributed by atoms with Crippen molar-refractivity contribution in [2.45, 2.75) is 0 Å². The fourth-order valence-corrected chi connectivity index (χ4v) is 0. The van der Waals surface area contributed by atoms with Crippen LogP contribution in [0.15, 0.2) is 0 Å². The molecular weight excluding hydrogens is 90.0 g/mol. The third-order valence-electron chi connectivity index (χ3n) is 0.163. The smallest absolute Gasteiger partial charge is 0.568 e. The average Bonchev–Trinajstić information content (AvgIpc) is 1.36. The zero-order chi connectivity index (χ0) is 5.15. The Hall–Kier alpha value is -1.13. The molecule has 36 valence electrons. The SMILES string of the molecule is [O-][N+]([O-])=C(O)O. The van der Waals surface area contributed by atoms with E-state index in [1.54, 1.807) is 0 Å². The fourth-order valence-electron chi connectivity index (χ4n) is 0. The summed E-state index contributed by atoms with van der Waals surface area (Å²) < 4.78 is 0. The van der Waals surface area contributed by atoms with E-state index in [2.05, 4.69) is 0 Å². The summed E-state index contributed by atoms with van der Waals surface area (Å²) in [6.07, 6.45) is -1.77. The van der Waals surface area contributed by atoms with E-state index >= 15 is 0 Å². The normalized spacial score (nSPS) is 7.33. The summed E-state index contributed by atoms with van der Waals surface area (Å²) in [5.74, 6) is 0. The van der Waals surface area contributed by atoms with E-state index in [-0.39, 0.29) is 0 Å².